The van der Waals surface area contributed by atoms with Crippen LogP contribution in [-0.2, 0) is 4.79 Å². The van der Waals surface area contributed by atoms with Crippen LogP contribution in [-0.4, -0.2) is 12.9 Å². The third kappa shape index (κ3) is 2.83. The van der Waals surface area contributed by atoms with Crippen LogP contribution in [0.25, 0.3) is 0 Å². The Morgan fingerprint density at radius 3 is 2.79 bits per heavy atom. The molecule has 1 aromatic carbocycles. The van der Waals surface area contributed by atoms with Gasteiger partial charge in [-0.15, -0.1) is 11.8 Å². The van der Waals surface area contributed by atoms with Crippen LogP contribution in [0.4, 0.5) is 0 Å². The Labute approximate surface area is 146 Å². The van der Waals surface area contributed by atoms with Gasteiger partial charge >= 0.3 is 0 Å². The maximum Gasteiger partial charge on any atom is 0.166 e. The monoisotopic (exact) mass is 340 g/mol. The topological polar surface area (TPSA) is 76.1 Å². The number of carbonyl (C=O) groups excluding carboxylic acids is 1. The van der Waals surface area contributed by atoms with E-state index in [-0.39, 0.29) is 16.4 Å². The molecule has 124 valence electrons. The summed E-state index contributed by atoms with van der Waals surface area (Å²) < 4.78 is 5.29. The first-order chi connectivity index (χ1) is 11.4. The van der Waals surface area contributed by atoms with Crippen molar-refractivity contribution in [3.63, 3.8) is 0 Å². The van der Waals surface area contributed by atoms with Crippen LogP contribution in [0.15, 0.2) is 46.0 Å². The molecule has 4 nitrogen and oxygen atoms in total. The molecule has 1 aliphatic heterocycles. The highest BCUT2D eigenvalue weighted by atomic mass is 32.2. The number of benzene rings is 1. The number of hydrogen-bond acceptors (Lipinski definition) is 5. The van der Waals surface area contributed by atoms with Crippen molar-refractivity contribution in [2.75, 3.05) is 7.11 Å². The van der Waals surface area contributed by atoms with E-state index in [1.165, 1.54) is 0 Å². The summed E-state index contributed by atoms with van der Waals surface area (Å²) in [6, 6.07) is 9.88. The highest BCUT2D eigenvalue weighted by Crippen LogP contribution is 2.53. The van der Waals surface area contributed by atoms with E-state index in [0.717, 1.165) is 22.6 Å². The van der Waals surface area contributed by atoms with Gasteiger partial charge in [0.2, 0.25) is 0 Å². The molecule has 0 bridgehead atoms. The van der Waals surface area contributed by atoms with Gasteiger partial charge < -0.3 is 10.5 Å². The van der Waals surface area contributed by atoms with Gasteiger partial charge in [-0.3, -0.25) is 4.79 Å². The number of ether oxygens (including phenoxy) is 1. The maximum absolute atomic E-state index is 12.5. The normalized spacial score (nSPS) is 22.9. The average molecular weight is 340 g/mol. The molecule has 1 aliphatic carbocycles. The van der Waals surface area contributed by atoms with Crippen LogP contribution >= 0.6 is 11.8 Å². The standard InChI is InChI=1S/C19H20N2O2S/c1-19(2)8-14(22)16-15(9-19)24-18(13(10-20)17(16)21)11-5-4-6-12(7-11)23-3/h4-7,18H,8-9,21H2,1-3H3. The molecule has 0 aromatic heterocycles. The molecule has 0 amide bonds. The fourth-order valence-electron chi connectivity index (χ4n) is 3.30. The molecule has 3 rings (SSSR count). The second-order valence-electron chi connectivity index (χ2n) is 6.95. The predicted molar refractivity (Wildman–Crippen MR) is 95.2 cm³/mol. The molecule has 1 aromatic rings. The van der Waals surface area contributed by atoms with E-state index >= 15 is 0 Å². The van der Waals surface area contributed by atoms with Crippen LogP contribution in [0.5, 0.6) is 5.75 Å². The second-order valence-corrected chi connectivity index (χ2v) is 8.15. The molecule has 1 heterocycles. The third-order valence-corrected chi connectivity index (χ3v) is 5.81. The van der Waals surface area contributed by atoms with Crippen molar-refractivity contribution in [1.29, 1.82) is 5.26 Å². The molecule has 0 saturated carbocycles. The van der Waals surface area contributed by atoms with E-state index < -0.39 is 0 Å². The van der Waals surface area contributed by atoms with Crippen molar-refractivity contribution in [3.8, 4) is 11.8 Å². The zero-order valence-electron chi connectivity index (χ0n) is 14.1. The number of thioether (sulfide) groups is 1. The summed E-state index contributed by atoms with van der Waals surface area (Å²) in [7, 11) is 1.62. The minimum Gasteiger partial charge on any atom is -0.497 e. The summed E-state index contributed by atoms with van der Waals surface area (Å²) >= 11 is 1.57. The Bertz CT molecular complexity index is 815. The third-order valence-electron chi connectivity index (χ3n) is 4.43. The Morgan fingerprint density at radius 1 is 1.38 bits per heavy atom. The smallest absolute Gasteiger partial charge is 0.166 e. The molecule has 1 unspecified atom stereocenters. The van der Waals surface area contributed by atoms with Crippen molar-refractivity contribution >= 4 is 17.5 Å². The summed E-state index contributed by atoms with van der Waals surface area (Å²) in [6.45, 7) is 4.19. The lowest BCUT2D eigenvalue weighted by Crippen LogP contribution is -2.30. The summed E-state index contributed by atoms with van der Waals surface area (Å²) in [5.74, 6) is 0.784. The van der Waals surface area contributed by atoms with E-state index in [4.69, 9.17) is 10.5 Å². The van der Waals surface area contributed by atoms with Crippen LogP contribution in [0, 0.1) is 16.7 Å². The summed E-state index contributed by atoms with van der Waals surface area (Å²) in [5.41, 5.74) is 8.51. The minimum absolute atomic E-state index is 0.0445. The number of rotatable bonds is 2. The predicted octanol–water partition coefficient (Wildman–Crippen LogP) is 3.86. The zero-order valence-corrected chi connectivity index (χ0v) is 14.9. The fourth-order valence-corrected chi connectivity index (χ4v) is 4.98. The molecule has 5 heteroatoms. The molecule has 0 radical (unpaired) electrons. The number of hydrogen-bond donors (Lipinski definition) is 1. The van der Waals surface area contributed by atoms with Gasteiger partial charge in [0.1, 0.15) is 5.75 Å². The van der Waals surface area contributed by atoms with Crippen LogP contribution in [0.2, 0.25) is 0 Å². The van der Waals surface area contributed by atoms with Gasteiger partial charge in [0.05, 0.1) is 35.3 Å². The average Bonchev–Trinajstić information content (AvgIpc) is 2.53. The van der Waals surface area contributed by atoms with Crippen LogP contribution in [0.1, 0.15) is 37.5 Å². The lowest BCUT2D eigenvalue weighted by atomic mass is 9.76. The van der Waals surface area contributed by atoms with Crippen molar-refractivity contribution in [2.45, 2.75) is 31.9 Å². The lowest BCUT2D eigenvalue weighted by Gasteiger charge is -2.36. The van der Waals surface area contributed by atoms with Crippen molar-refractivity contribution < 1.29 is 9.53 Å². The molecule has 0 saturated heterocycles. The number of nitriles is 1. The van der Waals surface area contributed by atoms with E-state index in [1.807, 2.05) is 24.3 Å². The van der Waals surface area contributed by atoms with Gasteiger partial charge in [-0.25, -0.2) is 0 Å². The first-order valence-electron chi connectivity index (χ1n) is 7.83. The van der Waals surface area contributed by atoms with Crippen molar-refractivity contribution in [1.82, 2.24) is 0 Å². The SMILES string of the molecule is COc1cccc(C2SC3=C(C(=O)CC(C)(C)C3)C(N)=C2C#N)c1. The number of nitrogens with zero attached hydrogens (tertiary/aromatic N) is 1. The molecule has 2 N–H and O–H groups in total. The van der Waals surface area contributed by atoms with Gasteiger partial charge in [0, 0.05) is 6.42 Å². The Kier molecular flexibility index (Phi) is 4.18. The van der Waals surface area contributed by atoms with Gasteiger partial charge in [0.25, 0.3) is 0 Å². The molecule has 0 spiro atoms. The van der Waals surface area contributed by atoms with Gasteiger partial charge in [-0.05, 0) is 34.4 Å². The number of carbonyl (C=O) groups is 1. The summed E-state index contributed by atoms with van der Waals surface area (Å²) in [6.07, 6.45) is 1.27. The maximum atomic E-state index is 12.5. The number of allylic oxidation sites excluding steroid dienone is 2. The van der Waals surface area contributed by atoms with Crippen molar-refractivity contribution in [2.24, 2.45) is 11.1 Å². The molecule has 0 fully saturated rings. The summed E-state index contributed by atoms with van der Waals surface area (Å²) in [4.78, 5) is 13.5. The van der Waals surface area contributed by atoms with Crippen LogP contribution in [0.3, 0.4) is 0 Å². The highest BCUT2D eigenvalue weighted by Gasteiger charge is 2.40. The Morgan fingerprint density at radius 2 is 2.12 bits per heavy atom. The molecular formula is C19H20N2O2S. The Hall–Kier alpha value is -2.19. The van der Waals surface area contributed by atoms with Gasteiger partial charge in [-0.2, -0.15) is 5.26 Å². The first kappa shape index (κ1) is 16.7. The first-order valence-corrected chi connectivity index (χ1v) is 8.71. The molecule has 2 aliphatic rings. The van der Waals surface area contributed by atoms with Gasteiger partial charge in [0.15, 0.2) is 5.78 Å². The quantitative estimate of drug-likeness (QED) is 0.884. The number of Topliss-reactive ketones (excluding diaryl/α,β-unsaturated/α-hetero) is 1. The largest absolute Gasteiger partial charge is 0.497 e. The van der Waals surface area contributed by atoms with Gasteiger partial charge in [-0.1, -0.05) is 26.0 Å². The zero-order chi connectivity index (χ0) is 17.5. The van der Waals surface area contributed by atoms with E-state index in [1.54, 1.807) is 18.9 Å². The van der Waals surface area contributed by atoms with E-state index in [2.05, 4.69) is 19.9 Å². The Balaban J connectivity index is 2.09. The fraction of sp³-hybridized carbons (Fsp3) is 0.368. The summed E-state index contributed by atoms with van der Waals surface area (Å²) in [5, 5.41) is 9.43. The number of nitrogens with two attached hydrogens (primary N) is 1. The van der Waals surface area contributed by atoms with E-state index in [0.29, 0.717) is 23.3 Å². The van der Waals surface area contributed by atoms with E-state index in [9.17, 15) is 10.1 Å². The number of methoxy groups -OCH3 is 1. The highest BCUT2D eigenvalue weighted by molar-refractivity contribution is 8.03. The lowest BCUT2D eigenvalue weighted by molar-refractivity contribution is -0.117. The minimum atomic E-state index is -0.203. The number of ketones is 1. The second kappa shape index (κ2) is 6.03. The van der Waals surface area contributed by atoms with Crippen molar-refractivity contribution in [3.05, 3.63) is 51.6 Å². The molecule has 24 heavy (non-hydrogen) atoms. The molecule has 1 atom stereocenters. The van der Waals surface area contributed by atoms with Crippen LogP contribution < -0.4 is 10.5 Å². The molecular weight excluding hydrogens is 320 g/mol.